The molecule has 4 unspecified atom stereocenters. The van der Waals surface area contributed by atoms with Gasteiger partial charge in [-0.05, 0) is 135 Å². The lowest BCUT2D eigenvalue weighted by atomic mass is 9.32. The fourth-order valence-electron chi connectivity index (χ4n) is 11.0. The normalized spacial score (nSPS) is 52.7. The molecule has 0 radical (unpaired) electrons. The first kappa shape index (κ1) is 18.2. The number of carbonyl (C=O) groups is 1. The van der Waals surface area contributed by atoms with Crippen molar-refractivity contribution in [3.8, 4) is 0 Å². The average Bonchev–Trinajstić information content (AvgIpc) is 2.65. The van der Waals surface area contributed by atoms with E-state index >= 15 is 0 Å². The predicted octanol–water partition coefficient (Wildman–Crippen LogP) is 5.55. The Balaban J connectivity index is 1.31. The first-order valence-corrected chi connectivity index (χ1v) is 12.4. The number of benzene rings is 1. The second-order valence-electron chi connectivity index (χ2n) is 12.9. The van der Waals surface area contributed by atoms with Gasteiger partial charge < -0.3 is 10.2 Å². The van der Waals surface area contributed by atoms with Gasteiger partial charge in [0.05, 0.1) is 11.2 Å². The van der Waals surface area contributed by atoms with Gasteiger partial charge in [-0.2, -0.15) is 0 Å². The maximum atomic E-state index is 11.5. The molecule has 8 saturated carbocycles. The Bertz CT molecular complexity index is 887. The van der Waals surface area contributed by atoms with E-state index in [4.69, 9.17) is 0 Å². The maximum absolute atomic E-state index is 11.5. The first-order chi connectivity index (χ1) is 14.3. The summed E-state index contributed by atoms with van der Waals surface area (Å²) in [6.07, 6.45) is 15.4. The molecular formula is C27H34O3. The highest BCUT2D eigenvalue weighted by Crippen LogP contribution is 2.77. The molecular weight excluding hydrogens is 372 g/mol. The van der Waals surface area contributed by atoms with Gasteiger partial charge in [0.1, 0.15) is 0 Å². The molecule has 30 heavy (non-hydrogen) atoms. The highest BCUT2D eigenvalue weighted by atomic mass is 16.4. The van der Waals surface area contributed by atoms with E-state index in [9.17, 15) is 15.0 Å². The zero-order valence-corrected chi connectivity index (χ0v) is 17.9. The summed E-state index contributed by atoms with van der Waals surface area (Å²) in [6.45, 7) is 0. The molecule has 8 aliphatic rings. The van der Waals surface area contributed by atoms with Gasteiger partial charge in [0.2, 0.25) is 0 Å². The third-order valence-corrected chi connectivity index (χ3v) is 11.0. The summed E-state index contributed by atoms with van der Waals surface area (Å²) in [5.41, 5.74) is 2.46. The molecule has 1 aromatic rings. The highest BCUT2D eigenvalue weighted by molar-refractivity contribution is 5.87. The van der Waals surface area contributed by atoms with E-state index in [1.807, 2.05) is 12.1 Å². The number of hydrogen-bond acceptors (Lipinski definition) is 2. The number of carboxylic acids is 1. The van der Waals surface area contributed by atoms with Crippen molar-refractivity contribution < 1.29 is 15.0 Å². The Morgan fingerprint density at radius 1 is 0.733 bits per heavy atom. The molecule has 8 aliphatic carbocycles. The molecule has 9 rings (SSSR count). The lowest BCUT2D eigenvalue weighted by Gasteiger charge is -2.73. The van der Waals surface area contributed by atoms with Crippen LogP contribution in [0.4, 0.5) is 0 Å². The monoisotopic (exact) mass is 406 g/mol. The SMILES string of the molecule is O=C(O)c1ccc(C23CC4CC(C2)CC(C25CC6CC(CC(O)(C6)C2)C5)(C4)C3)cc1. The summed E-state index contributed by atoms with van der Waals surface area (Å²) in [5, 5.41) is 20.8. The van der Waals surface area contributed by atoms with Gasteiger partial charge in [0.15, 0.2) is 0 Å². The van der Waals surface area contributed by atoms with Crippen molar-refractivity contribution in [1.82, 2.24) is 0 Å². The second kappa shape index (κ2) is 5.52. The van der Waals surface area contributed by atoms with Crippen LogP contribution < -0.4 is 0 Å². The smallest absolute Gasteiger partial charge is 0.335 e. The van der Waals surface area contributed by atoms with E-state index in [0.717, 1.165) is 42.9 Å². The van der Waals surface area contributed by atoms with Crippen LogP contribution in [0.1, 0.15) is 93.0 Å². The summed E-state index contributed by atoms with van der Waals surface area (Å²) in [4.78, 5) is 11.4. The Hall–Kier alpha value is -1.35. The standard InChI is InChI=1S/C27H34O3/c28-23(29)21-1-3-22(4-2-21)24-7-17-5-18(8-24)10-25(9-17,15-24)26-11-19-6-20(12-26)14-27(30,13-19)16-26/h1-4,17-20,30H,5-16H2,(H,28,29). The Kier molecular flexibility index (Phi) is 3.36. The third kappa shape index (κ3) is 2.28. The molecule has 8 bridgehead atoms. The van der Waals surface area contributed by atoms with Gasteiger partial charge in [-0.25, -0.2) is 4.79 Å². The van der Waals surface area contributed by atoms with E-state index < -0.39 is 5.97 Å². The third-order valence-electron chi connectivity index (χ3n) is 11.0. The van der Waals surface area contributed by atoms with Crippen LogP contribution in [0.3, 0.4) is 0 Å². The molecule has 3 heteroatoms. The van der Waals surface area contributed by atoms with E-state index in [1.54, 1.807) is 0 Å². The van der Waals surface area contributed by atoms with Crippen molar-refractivity contribution in [2.45, 2.75) is 88.1 Å². The maximum Gasteiger partial charge on any atom is 0.335 e. The zero-order valence-electron chi connectivity index (χ0n) is 17.9. The van der Waals surface area contributed by atoms with Crippen molar-refractivity contribution in [1.29, 1.82) is 0 Å². The molecule has 0 aromatic heterocycles. The second-order valence-corrected chi connectivity index (χ2v) is 12.9. The molecule has 3 nitrogen and oxygen atoms in total. The molecule has 160 valence electrons. The van der Waals surface area contributed by atoms with Crippen LogP contribution in [0.5, 0.6) is 0 Å². The number of aliphatic hydroxyl groups is 1. The number of aromatic carboxylic acids is 1. The fraction of sp³-hybridized carbons (Fsp3) is 0.741. The topological polar surface area (TPSA) is 57.5 Å². The van der Waals surface area contributed by atoms with Crippen molar-refractivity contribution in [2.75, 3.05) is 0 Å². The molecule has 0 heterocycles. The van der Waals surface area contributed by atoms with Gasteiger partial charge in [-0.1, -0.05) is 12.1 Å². The Labute approximate surface area is 179 Å². The van der Waals surface area contributed by atoms with E-state index in [1.165, 1.54) is 63.4 Å². The summed E-state index contributed by atoms with van der Waals surface area (Å²) in [6, 6.07) is 7.93. The molecule has 0 saturated heterocycles. The van der Waals surface area contributed by atoms with Gasteiger partial charge in [-0.15, -0.1) is 0 Å². The molecule has 0 aliphatic heterocycles. The quantitative estimate of drug-likeness (QED) is 0.691. The van der Waals surface area contributed by atoms with Gasteiger partial charge in [0, 0.05) is 0 Å². The molecule has 0 spiro atoms. The summed E-state index contributed by atoms with van der Waals surface area (Å²) in [7, 11) is 0. The highest BCUT2D eigenvalue weighted by Gasteiger charge is 2.69. The van der Waals surface area contributed by atoms with Crippen LogP contribution in [0, 0.1) is 34.5 Å². The first-order valence-electron chi connectivity index (χ1n) is 12.4. The zero-order chi connectivity index (χ0) is 20.4. The van der Waals surface area contributed by atoms with Crippen LogP contribution in [-0.4, -0.2) is 21.8 Å². The Morgan fingerprint density at radius 3 is 1.73 bits per heavy atom. The van der Waals surface area contributed by atoms with Crippen LogP contribution in [0.2, 0.25) is 0 Å². The van der Waals surface area contributed by atoms with Crippen LogP contribution >= 0.6 is 0 Å². The average molecular weight is 407 g/mol. The minimum absolute atomic E-state index is 0.243. The van der Waals surface area contributed by atoms with E-state index in [-0.39, 0.29) is 11.0 Å². The fourth-order valence-corrected chi connectivity index (χ4v) is 11.0. The molecule has 8 fully saturated rings. The van der Waals surface area contributed by atoms with E-state index in [2.05, 4.69) is 12.1 Å². The van der Waals surface area contributed by atoms with E-state index in [0.29, 0.717) is 16.4 Å². The largest absolute Gasteiger partial charge is 0.478 e. The van der Waals surface area contributed by atoms with Crippen molar-refractivity contribution in [3.63, 3.8) is 0 Å². The minimum atomic E-state index is -0.828. The van der Waals surface area contributed by atoms with Gasteiger partial charge in [0.25, 0.3) is 0 Å². The van der Waals surface area contributed by atoms with Gasteiger partial charge in [-0.3, -0.25) is 0 Å². The number of rotatable bonds is 3. The summed E-state index contributed by atoms with van der Waals surface area (Å²) >= 11 is 0. The predicted molar refractivity (Wildman–Crippen MR) is 114 cm³/mol. The van der Waals surface area contributed by atoms with Crippen LogP contribution in [-0.2, 0) is 5.41 Å². The van der Waals surface area contributed by atoms with Gasteiger partial charge >= 0.3 is 5.97 Å². The minimum Gasteiger partial charge on any atom is -0.478 e. The Morgan fingerprint density at radius 2 is 1.23 bits per heavy atom. The molecule has 0 amide bonds. The van der Waals surface area contributed by atoms with Crippen LogP contribution in [0.15, 0.2) is 24.3 Å². The van der Waals surface area contributed by atoms with Crippen molar-refractivity contribution in [3.05, 3.63) is 35.4 Å². The summed E-state index contributed by atoms with van der Waals surface area (Å²) in [5.74, 6) is 2.34. The molecule has 1 aromatic carbocycles. The lowest BCUT2D eigenvalue weighted by molar-refractivity contribution is -0.244. The molecule has 2 N–H and O–H groups in total. The van der Waals surface area contributed by atoms with Crippen LogP contribution in [0.25, 0.3) is 0 Å². The molecule has 4 atom stereocenters. The van der Waals surface area contributed by atoms with Crippen molar-refractivity contribution >= 4 is 5.97 Å². The number of carboxylic acid groups (broad SMARTS) is 1. The number of hydrogen-bond donors (Lipinski definition) is 2. The van der Waals surface area contributed by atoms with Crippen molar-refractivity contribution in [2.24, 2.45) is 34.5 Å². The lowest BCUT2D eigenvalue weighted by Crippen LogP contribution is -2.66. The summed E-state index contributed by atoms with van der Waals surface area (Å²) < 4.78 is 0.